The van der Waals surface area contributed by atoms with Crippen LogP contribution in [0.25, 0.3) is 0 Å². The van der Waals surface area contributed by atoms with Gasteiger partial charge in [-0.25, -0.2) is 0 Å². The molecule has 0 aliphatic heterocycles. The number of esters is 1. The summed E-state index contributed by atoms with van der Waals surface area (Å²) >= 11 is 0. The van der Waals surface area contributed by atoms with Gasteiger partial charge in [0.1, 0.15) is 0 Å². The van der Waals surface area contributed by atoms with Crippen LogP contribution in [-0.4, -0.2) is 12.6 Å². The summed E-state index contributed by atoms with van der Waals surface area (Å²) in [5.41, 5.74) is 0. The molecule has 0 bridgehead atoms. The topological polar surface area (TPSA) is 26.3 Å². The summed E-state index contributed by atoms with van der Waals surface area (Å²) in [5.74, 6) is 1.60. The lowest BCUT2D eigenvalue weighted by atomic mass is 9.80. The van der Waals surface area contributed by atoms with Crippen LogP contribution in [0.5, 0.6) is 0 Å². The lowest BCUT2D eigenvalue weighted by Gasteiger charge is -2.27. The molecule has 0 saturated heterocycles. The fourth-order valence-electron chi connectivity index (χ4n) is 3.60. The van der Waals surface area contributed by atoms with Gasteiger partial charge in [0.2, 0.25) is 0 Å². The Morgan fingerprint density at radius 1 is 0.818 bits per heavy atom. The predicted octanol–water partition coefficient (Wildman–Crippen LogP) is 6.28. The molecule has 22 heavy (non-hydrogen) atoms. The summed E-state index contributed by atoms with van der Waals surface area (Å²) in [6.07, 6.45) is 17.3. The molecular formula is C20H38O2. The van der Waals surface area contributed by atoms with E-state index in [0.29, 0.717) is 18.9 Å². The molecule has 0 spiro atoms. The molecule has 0 radical (unpaired) electrons. The van der Waals surface area contributed by atoms with Gasteiger partial charge in [-0.2, -0.15) is 0 Å². The third-order valence-corrected chi connectivity index (χ3v) is 5.13. The largest absolute Gasteiger partial charge is 0.465 e. The van der Waals surface area contributed by atoms with E-state index >= 15 is 0 Å². The lowest BCUT2D eigenvalue weighted by molar-refractivity contribution is -0.145. The molecule has 130 valence electrons. The van der Waals surface area contributed by atoms with Crippen molar-refractivity contribution in [1.29, 1.82) is 0 Å². The van der Waals surface area contributed by atoms with Crippen LogP contribution in [0.1, 0.15) is 104 Å². The fraction of sp³-hybridized carbons (Fsp3) is 0.950. The van der Waals surface area contributed by atoms with Crippen molar-refractivity contribution in [3.63, 3.8) is 0 Å². The molecule has 2 heteroatoms. The number of unbranched alkanes of at least 4 members (excludes halogenated alkanes) is 6. The first-order valence-corrected chi connectivity index (χ1v) is 9.91. The summed E-state index contributed by atoms with van der Waals surface area (Å²) < 4.78 is 5.48. The first kappa shape index (κ1) is 19.5. The van der Waals surface area contributed by atoms with Crippen molar-refractivity contribution in [2.75, 3.05) is 6.61 Å². The number of ether oxygens (including phenoxy) is 1. The molecular weight excluding hydrogens is 272 g/mol. The smallest absolute Gasteiger partial charge is 0.305 e. The Bertz CT molecular complexity index is 267. The zero-order valence-corrected chi connectivity index (χ0v) is 15.1. The Labute approximate surface area is 138 Å². The van der Waals surface area contributed by atoms with E-state index in [-0.39, 0.29) is 5.97 Å². The number of hydrogen-bond acceptors (Lipinski definition) is 2. The van der Waals surface area contributed by atoms with Crippen LogP contribution in [0.4, 0.5) is 0 Å². The van der Waals surface area contributed by atoms with E-state index < -0.39 is 0 Å². The standard InChI is InChI=1S/C20H38O2/c1-3-5-6-7-8-9-10-12-20(21)22-17-19-15-13-18(11-4-2)14-16-19/h18-19H,3-17H2,1-2H3. The number of carbonyl (C=O) groups excluding carboxylic acids is 1. The maximum atomic E-state index is 11.8. The zero-order chi connectivity index (χ0) is 16.0. The lowest BCUT2D eigenvalue weighted by Crippen LogP contribution is -2.20. The Balaban J connectivity index is 1.93. The van der Waals surface area contributed by atoms with E-state index in [4.69, 9.17) is 4.74 Å². The maximum absolute atomic E-state index is 11.8. The van der Waals surface area contributed by atoms with Gasteiger partial charge in [-0.05, 0) is 31.1 Å². The molecule has 1 aliphatic carbocycles. The summed E-state index contributed by atoms with van der Waals surface area (Å²) in [6, 6.07) is 0. The Morgan fingerprint density at radius 2 is 1.41 bits per heavy atom. The fourth-order valence-corrected chi connectivity index (χ4v) is 3.60. The maximum Gasteiger partial charge on any atom is 0.305 e. The molecule has 1 saturated carbocycles. The Morgan fingerprint density at radius 3 is 2.05 bits per heavy atom. The highest BCUT2D eigenvalue weighted by molar-refractivity contribution is 5.69. The highest BCUT2D eigenvalue weighted by atomic mass is 16.5. The highest BCUT2D eigenvalue weighted by Gasteiger charge is 2.21. The molecule has 0 atom stereocenters. The van der Waals surface area contributed by atoms with Gasteiger partial charge in [0.05, 0.1) is 6.61 Å². The van der Waals surface area contributed by atoms with Crippen molar-refractivity contribution in [1.82, 2.24) is 0 Å². The first-order chi connectivity index (χ1) is 10.8. The first-order valence-electron chi connectivity index (χ1n) is 9.91. The van der Waals surface area contributed by atoms with Crippen LogP contribution >= 0.6 is 0 Å². The minimum Gasteiger partial charge on any atom is -0.465 e. The van der Waals surface area contributed by atoms with E-state index in [1.807, 2.05) is 0 Å². The Hall–Kier alpha value is -0.530. The molecule has 0 aromatic rings. The monoisotopic (exact) mass is 310 g/mol. The SMILES string of the molecule is CCCCCCCCCC(=O)OCC1CCC(CCC)CC1. The second kappa shape index (κ2) is 13.0. The van der Waals surface area contributed by atoms with Gasteiger partial charge < -0.3 is 4.74 Å². The van der Waals surface area contributed by atoms with Gasteiger partial charge in [0.25, 0.3) is 0 Å². The van der Waals surface area contributed by atoms with E-state index in [9.17, 15) is 4.79 Å². The van der Waals surface area contributed by atoms with Crippen LogP contribution in [0.2, 0.25) is 0 Å². The second-order valence-corrected chi connectivity index (χ2v) is 7.23. The molecule has 1 fully saturated rings. The van der Waals surface area contributed by atoms with Crippen LogP contribution in [0, 0.1) is 11.8 Å². The molecule has 2 nitrogen and oxygen atoms in total. The van der Waals surface area contributed by atoms with Crippen molar-refractivity contribution >= 4 is 5.97 Å². The van der Waals surface area contributed by atoms with Crippen LogP contribution in [0.15, 0.2) is 0 Å². The van der Waals surface area contributed by atoms with Gasteiger partial charge in [-0.3, -0.25) is 4.79 Å². The van der Waals surface area contributed by atoms with Crippen LogP contribution in [-0.2, 0) is 9.53 Å². The Kier molecular flexibility index (Phi) is 11.5. The van der Waals surface area contributed by atoms with Gasteiger partial charge in [-0.15, -0.1) is 0 Å². The summed E-state index contributed by atoms with van der Waals surface area (Å²) in [7, 11) is 0. The van der Waals surface area contributed by atoms with E-state index in [1.165, 1.54) is 77.0 Å². The van der Waals surface area contributed by atoms with E-state index in [1.54, 1.807) is 0 Å². The number of hydrogen-bond donors (Lipinski definition) is 0. The predicted molar refractivity (Wildman–Crippen MR) is 93.9 cm³/mol. The normalized spacial score (nSPS) is 21.7. The average molecular weight is 311 g/mol. The molecule has 0 amide bonds. The molecule has 0 unspecified atom stereocenters. The summed E-state index contributed by atoms with van der Waals surface area (Å²) in [4.78, 5) is 11.8. The summed E-state index contributed by atoms with van der Waals surface area (Å²) in [5, 5.41) is 0. The van der Waals surface area contributed by atoms with Gasteiger partial charge in [-0.1, -0.05) is 78.1 Å². The van der Waals surface area contributed by atoms with Gasteiger partial charge >= 0.3 is 5.97 Å². The second-order valence-electron chi connectivity index (χ2n) is 7.23. The van der Waals surface area contributed by atoms with Crippen molar-refractivity contribution in [2.45, 2.75) is 104 Å². The van der Waals surface area contributed by atoms with Crippen molar-refractivity contribution in [3.05, 3.63) is 0 Å². The minimum absolute atomic E-state index is 0.0317. The van der Waals surface area contributed by atoms with Crippen molar-refractivity contribution in [2.24, 2.45) is 11.8 Å². The zero-order valence-electron chi connectivity index (χ0n) is 15.1. The molecule has 0 heterocycles. The quantitative estimate of drug-likeness (QED) is 0.313. The minimum atomic E-state index is 0.0317. The van der Waals surface area contributed by atoms with E-state index in [2.05, 4.69) is 13.8 Å². The highest BCUT2D eigenvalue weighted by Crippen LogP contribution is 2.31. The van der Waals surface area contributed by atoms with Gasteiger partial charge in [0.15, 0.2) is 0 Å². The molecule has 0 aromatic heterocycles. The molecule has 1 aliphatic rings. The van der Waals surface area contributed by atoms with Crippen LogP contribution in [0.3, 0.4) is 0 Å². The average Bonchev–Trinajstić information content (AvgIpc) is 2.54. The molecule has 1 rings (SSSR count). The van der Waals surface area contributed by atoms with Crippen molar-refractivity contribution in [3.8, 4) is 0 Å². The molecule has 0 N–H and O–H groups in total. The van der Waals surface area contributed by atoms with Gasteiger partial charge in [0, 0.05) is 6.42 Å². The molecule has 0 aromatic carbocycles. The third kappa shape index (κ3) is 9.48. The van der Waals surface area contributed by atoms with Crippen LogP contribution < -0.4 is 0 Å². The number of carbonyl (C=O) groups is 1. The van der Waals surface area contributed by atoms with E-state index in [0.717, 1.165) is 12.3 Å². The summed E-state index contributed by atoms with van der Waals surface area (Å²) in [6.45, 7) is 5.19. The van der Waals surface area contributed by atoms with Crippen molar-refractivity contribution < 1.29 is 9.53 Å². The third-order valence-electron chi connectivity index (χ3n) is 5.13. The number of rotatable bonds is 12.